The van der Waals surface area contributed by atoms with E-state index in [1.54, 1.807) is 16.2 Å². The summed E-state index contributed by atoms with van der Waals surface area (Å²) in [5, 5.41) is 3.04. The van der Waals surface area contributed by atoms with Crippen molar-refractivity contribution in [1.29, 1.82) is 0 Å². The van der Waals surface area contributed by atoms with Gasteiger partial charge in [0.2, 0.25) is 0 Å². The number of anilines is 1. The Balaban J connectivity index is 0.00000320. The normalized spacial score (nSPS) is 11.3. The Labute approximate surface area is 227 Å². The van der Waals surface area contributed by atoms with E-state index in [-0.39, 0.29) is 23.8 Å². The smallest absolute Gasteiger partial charge is 0.260 e. The first-order chi connectivity index (χ1) is 17.5. The molecule has 0 N–H and O–H groups in total. The molecule has 0 spiro atoms. The van der Waals surface area contributed by atoms with Crippen LogP contribution in [0.3, 0.4) is 0 Å². The molecule has 10 heteroatoms. The highest BCUT2D eigenvalue weighted by atomic mass is 35.5. The van der Waals surface area contributed by atoms with Crippen LogP contribution in [0.2, 0.25) is 0 Å². The minimum absolute atomic E-state index is 0. The predicted molar refractivity (Wildman–Crippen MR) is 151 cm³/mol. The molecule has 5 aromatic rings. The van der Waals surface area contributed by atoms with E-state index < -0.39 is 11.6 Å². The molecule has 37 heavy (non-hydrogen) atoms. The number of hydrogen-bond donors (Lipinski definition) is 0. The molecule has 0 atom stereocenters. The maximum Gasteiger partial charge on any atom is 0.260 e. The number of para-hydroxylation sites is 1. The number of thiophene rings is 1. The van der Waals surface area contributed by atoms with E-state index in [1.165, 1.54) is 6.07 Å². The Hall–Kier alpha value is -2.98. The van der Waals surface area contributed by atoms with E-state index in [1.807, 2.05) is 47.8 Å². The van der Waals surface area contributed by atoms with Gasteiger partial charge in [-0.2, -0.15) is 0 Å². The van der Waals surface area contributed by atoms with Crippen LogP contribution in [0.5, 0.6) is 0 Å². The third kappa shape index (κ3) is 5.50. The van der Waals surface area contributed by atoms with Crippen LogP contribution < -0.4 is 4.90 Å². The fourth-order valence-corrected chi connectivity index (χ4v) is 5.89. The van der Waals surface area contributed by atoms with Crippen LogP contribution in [0.15, 0.2) is 60.0 Å². The Kier molecular flexibility index (Phi) is 8.49. The molecule has 0 fully saturated rings. The summed E-state index contributed by atoms with van der Waals surface area (Å²) in [5.41, 5.74) is 1.99. The van der Waals surface area contributed by atoms with E-state index >= 15 is 0 Å². The lowest BCUT2D eigenvalue weighted by molar-refractivity contribution is 0.0985. The quantitative estimate of drug-likeness (QED) is 0.201. The van der Waals surface area contributed by atoms with Gasteiger partial charge in [0, 0.05) is 24.5 Å². The minimum atomic E-state index is -0.738. The van der Waals surface area contributed by atoms with Crippen LogP contribution in [-0.2, 0) is 0 Å². The molecule has 2 aromatic carbocycles. The lowest BCUT2D eigenvalue weighted by Crippen LogP contribution is -2.39. The molecule has 192 valence electrons. The van der Waals surface area contributed by atoms with Gasteiger partial charge in [0.05, 0.1) is 26.4 Å². The molecule has 5 rings (SSSR count). The summed E-state index contributed by atoms with van der Waals surface area (Å²) in [6.45, 7) is 6.77. The number of carbonyl (C=O) groups excluding carboxylic acids is 1. The van der Waals surface area contributed by atoms with E-state index in [2.05, 4.69) is 23.7 Å². The van der Waals surface area contributed by atoms with Gasteiger partial charge in [-0.05, 0) is 42.7 Å². The van der Waals surface area contributed by atoms with Gasteiger partial charge >= 0.3 is 0 Å². The first-order valence-corrected chi connectivity index (χ1v) is 13.4. The van der Waals surface area contributed by atoms with Crippen molar-refractivity contribution in [3.05, 3.63) is 77.2 Å². The van der Waals surface area contributed by atoms with Gasteiger partial charge in [0.25, 0.3) is 5.91 Å². The predicted octanol–water partition coefficient (Wildman–Crippen LogP) is 7.26. The monoisotopic (exact) mass is 558 g/mol. The summed E-state index contributed by atoms with van der Waals surface area (Å²) < 4.78 is 28.7. The zero-order valence-corrected chi connectivity index (χ0v) is 22.7. The van der Waals surface area contributed by atoms with Crippen LogP contribution in [0.4, 0.5) is 13.9 Å². The van der Waals surface area contributed by atoms with Crippen LogP contribution in [-0.4, -0.2) is 47.0 Å². The number of pyridine rings is 1. The molecule has 0 radical (unpaired) electrons. The highest BCUT2D eigenvalue weighted by Gasteiger charge is 2.25. The molecule has 0 unspecified atom stereocenters. The molecule has 3 aromatic heterocycles. The number of likely N-dealkylation sites (N-methyl/N-ethyl adjacent to an activating group) is 1. The summed E-state index contributed by atoms with van der Waals surface area (Å²) in [4.78, 5) is 28.1. The van der Waals surface area contributed by atoms with Gasteiger partial charge in [-0.25, -0.2) is 18.7 Å². The maximum absolute atomic E-state index is 14.5. The van der Waals surface area contributed by atoms with Crippen molar-refractivity contribution < 1.29 is 13.6 Å². The SMILES string of the molecule is CCN(CC)CCN(C(=O)c1cc(-c2cccs2)nc2ccccc12)c1nc2c(F)cc(F)cc2s1.Cl. The summed E-state index contributed by atoms with van der Waals surface area (Å²) >= 11 is 2.67. The highest BCUT2D eigenvalue weighted by molar-refractivity contribution is 7.22. The number of thiazole rings is 1. The summed E-state index contributed by atoms with van der Waals surface area (Å²) in [6, 6.07) is 15.3. The Bertz CT molecular complexity index is 1540. The first-order valence-electron chi connectivity index (χ1n) is 11.7. The van der Waals surface area contributed by atoms with Gasteiger partial charge in [0.15, 0.2) is 10.9 Å². The van der Waals surface area contributed by atoms with Gasteiger partial charge in [-0.3, -0.25) is 9.69 Å². The van der Waals surface area contributed by atoms with Crippen molar-refractivity contribution in [1.82, 2.24) is 14.9 Å². The minimum Gasteiger partial charge on any atom is -0.302 e. The van der Waals surface area contributed by atoms with Gasteiger partial charge in [0.1, 0.15) is 11.3 Å². The molecule has 3 heterocycles. The van der Waals surface area contributed by atoms with E-state index in [9.17, 15) is 13.6 Å². The van der Waals surface area contributed by atoms with Gasteiger partial charge in [-0.15, -0.1) is 23.7 Å². The third-order valence-electron chi connectivity index (χ3n) is 6.13. The fourth-order valence-electron chi connectivity index (χ4n) is 4.17. The van der Waals surface area contributed by atoms with Crippen molar-refractivity contribution in [2.75, 3.05) is 31.1 Å². The molecule has 0 aliphatic carbocycles. The first kappa shape index (κ1) is 27.1. The van der Waals surface area contributed by atoms with Crippen molar-refractivity contribution in [3.63, 3.8) is 0 Å². The lowest BCUT2D eigenvalue weighted by Gasteiger charge is -2.25. The summed E-state index contributed by atoms with van der Waals surface area (Å²) in [5.74, 6) is -1.66. The lowest BCUT2D eigenvalue weighted by atomic mass is 10.1. The van der Waals surface area contributed by atoms with E-state index in [4.69, 9.17) is 4.98 Å². The van der Waals surface area contributed by atoms with Crippen molar-refractivity contribution in [2.24, 2.45) is 0 Å². The van der Waals surface area contributed by atoms with E-state index in [0.29, 0.717) is 39.7 Å². The Morgan fingerprint density at radius 1 is 0.973 bits per heavy atom. The zero-order valence-electron chi connectivity index (χ0n) is 20.3. The summed E-state index contributed by atoms with van der Waals surface area (Å²) in [7, 11) is 0. The van der Waals surface area contributed by atoms with Crippen LogP contribution in [0, 0.1) is 11.6 Å². The number of aromatic nitrogens is 2. The zero-order chi connectivity index (χ0) is 25.2. The average molecular weight is 559 g/mol. The summed E-state index contributed by atoms with van der Waals surface area (Å²) in [6.07, 6.45) is 0. The second-order valence-electron chi connectivity index (χ2n) is 8.26. The van der Waals surface area contributed by atoms with Crippen molar-refractivity contribution in [2.45, 2.75) is 13.8 Å². The number of hydrogen-bond acceptors (Lipinski definition) is 6. The van der Waals surface area contributed by atoms with Crippen molar-refractivity contribution in [3.8, 4) is 10.6 Å². The highest BCUT2D eigenvalue weighted by Crippen LogP contribution is 2.34. The topological polar surface area (TPSA) is 49.3 Å². The fraction of sp³-hybridized carbons (Fsp3) is 0.222. The molecule has 0 bridgehead atoms. The van der Waals surface area contributed by atoms with Gasteiger partial charge in [-0.1, -0.05) is 49.4 Å². The third-order valence-corrected chi connectivity index (χ3v) is 8.05. The molecule has 0 aliphatic heterocycles. The number of halogens is 3. The number of rotatable bonds is 8. The Morgan fingerprint density at radius 2 is 1.76 bits per heavy atom. The number of carbonyl (C=O) groups is 1. The van der Waals surface area contributed by atoms with Crippen LogP contribution in [0.1, 0.15) is 24.2 Å². The Morgan fingerprint density at radius 3 is 2.49 bits per heavy atom. The molecule has 0 aliphatic rings. The molecular weight excluding hydrogens is 534 g/mol. The largest absolute Gasteiger partial charge is 0.302 e. The standard InChI is InChI=1S/C27H24F2N4OS2.ClH/c1-3-32(4-2)11-12-33(27-31-25-20(29)14-17(28)15-24(25)36-27)26(34)19-16-22(23-10-7-13-35-23)30-21-9-6-5-8-18(19)21;/h5-10,13-16H,3-4,11-12H2,1-2H3;1H. The number of amides is 1. The molecule has 0 saturated heterocycles. The number of benzene rings is 2. The molecule has 5 nitrogen and oxygen atoms in total. The van der Waals surface area contributed by atoms with Crippen LogP contribution >= 0.6 is 35.1 Å². The van der Waals surface area contributed by atoms with Gasteiger partial charge < -0.3 is 4.90 Å². The maximum atomic E-state index is 14.5. The molecule has 1 amide bonds. The number of nitrogens with zero attached hydrogens (tertiary/aromatic N) is 4. The van der Waals surface area contributed by atoms with Crippen LogP contribution in [0.25, 0.3) is 31.7 Å². The number of fused-ring (bicyclic) bond motifs is 2. The van der Waals surface area contributed by atoms with Crippen molar-refractivity contribution >= 4 is 67.2 Å². The molecular formula is C27H25ClF2N4OS2. The average Bonchev–Trinajstić information content (AvgIpc) is 3.56. The molecule has 0 saturated carbocycles. The second-order valence-corrected chi connectivity index (χ2v) is 10.2. The van der Waals surface area contributed by atoms with E-state index in [0.717, 1.165) is 40.8 Å². The second kappa shape index (κ2) is 11.6.